The summed E-state index contributed by atoms with van der Waals surface area (Å²) in [7, 11) is 0. The number of rotatable bonds is 2. The number of likely N-dealkylation sites (tertiary alicyclic amines) is 1. The first-order valence-corrected chi connectivity index (χ1v) is 7.21. The zero-order valence-electron chi connectivity index (χ0n) is 10.6. The third kappa shape index (κ3) is 3.35. The highest BCUT2D eigenvalue weighted by Gasteiger charge is 2.25. The molecule has 5 heteroatoms. The molecule has 1 aliphatic rings. The Morgan fingerprint density at radius 3 is 2.79 bits per heavy atom. The predicted molar refractivity (Wildman–Crippen MR) is 74.0 cm³/mol. The van der Waals surface area contributed by atoms with Gasteiger partial charge in [-0.1, -0.05) is 11.8 Å². The first-order valence-electron chi connectivity index (χ1n) is 6.33. The van der Waals surface area contributed by atoms with Crippen LogP contribution in [0.25, 0.3) is 0 Å². The Bertz CT molecular complexity index is 492. The van der Waals surface area contributed by atoms with Crippen LogP contribution in [0.3, 0.4) is 0 Å². The molecule has 102 valence electrons. The van der Waals surface area contributed by atoms with E-state index in [-0.39, 0.29) is 19.1 Å². The molecule has 2 N–H and O–H groups in total. The molecule has 1 fully saturated rings. The van der Waals surface area contributed by atoms with Gasteiger partial charge in [-0.15, -0.1) is 11.3 Å². The summed E-state index contributed by atoms with van der Waals surface area (Å²) in [6.07, 6.45) is 1.70. The first kappa shape index (κ1) is 14.1. The van der Waals surface area contributed by atoms with Crippen LogP contribution >= 0.6 is 11.3 Å². The van der Waals surface area contributed by atoms with Gasteiger partial charge in [0, 0.05) is 25.3 Å². The Balaban J connectivity index is 2.06. The number of thiophene rings is 1. The summed E-state index contributed by atoms with van der Waals surface area (Å²) in [5, 5.41) is 19.7. The lowest BCUT2D eigenvalue weighted by Gasteiger charge is -2.30. The van der Waals surface area contributed by atoms with E-state index in [9.17, 15) is 4.79 Å². The largest absolute Gasteiger partial charge is 0.396 e. The molecule has 2 heterocycles. The fraction of sp³-hybridized carbons (Fsp3) is 0.500. The van der Waals surface area contributed by atoms with E-state index < -0.39 is 0 Å². The molecule has 1 saturated heterocycles. The standard InChI is InChI=1S/C14H17NO3S/c16-8-1-2-12-5-9-19-13(12)14(18)15-6-3-11(10-17)4-7-15/h5,9,11,16-17H,3-4,6-8,10H2. The molecule has 0 spiro atoms. The second-order valence-electron chi connectivity index (χ2n) is 4.54. The van der Waals surface area contributed by atoms with Gasteiger partial charge in [0.2, 0.25) is 0 Å². The third-order valence-electron chi connectivity index (χ3n) is 3.32. The van der Waals surface area contributed by atoms with E-state index in [0.29, 0.717) is 29.4 Å². The molecule has 0 saturated carbocycles. The smallest absolute Gasteiger partial charge is 0.265 e. The quantitative estimate of drug-likeness (QED) is 0.792. The van der Waals surface area contributed by atoms with Crippen molar-refractivity contribution in [2.45, 2.75) is 12.8 Å². The molecule has 0 radical (unpaired) electrons. The average Bonchev–Trinajstić information content (AvgIpc) is 2.92. The van der Waals surface area contributed by atoms with Crippen LogP contribution in [0, 0.1) is 17.8 Å². The van der Waals surface area contributed by atoms with E-state index in [2.05, 4.69) is 11.8 Å². The molecule has 19 heavy (non-hydrogen) atoms. The number of carbonyl (C=O) groups is 1. The zero-order valence-corrected chi connectivity index (χ0v) is 11.4. The fourth-order valence-corrected chi connectivity index (χ4v) is 2.99. The molecule has 0 bridgehead atoms. The van der Waals surface area contributed by atoms with Crippen LogP contribution < -0.4 is 0 Å². The van der Waals surface area contributed by atoms with Crippen LogP contribution in [-0.2, 0) is 0 Å². The van der Waals surface area contributed by atoms with Gasteiger partial charge in [-0.2, -0.15) is 0 Å². The van der Waals surface area contributed by atoms with Crippen molar-refractivity contribution in [3.05, 3.63) is 21.9 Å². The van der Waals surface area contributed by atoms with E-state index >= 15 is 0 Å². The summed E-state index contributed by atoms with van der Waals surface area (Å²) < 4.78 is 0. The minimum atomic E-state index is -0.203. The van der Waals surface area contributed by atoms with Gasteiger partial charge in [-0.25, -0.2) is 0 Å². The first-order chi connectivity index (χ1) is 9.26. The van der Waals surface area contributed by atoms with Crippen LogP contribution in [0.4, 0.5) is 0 Å². The Morgan fingerprint density at radius 2 is 2.16 bits per heavy atom. The number of nitrogens with zero attached hydrogens (tertiary/aromatic N) is 1. The van der Waals surface area contributed by atoms with Gasteiger partial charge in [0.15, 0.2) is 0 Å². The van der Waals surface area contributed by atoms with Gasteiger partial charge in [0.1, 0.15) is 11.5 Å². The molecule has 0 atom stereocenters. The summed E-state index contributed by atoms with van der Waals surface area (Å²) >= 11 is 1.38. The van der Waals surface area contributed by atoms with Crippen molar-refractivity contribution in [1.29, 1.82) is 0 Å². The Morgan fingerprint density at radius 1 is 1.42 bits per heavy atom. The molecule has 2 rings (SSSR count). The van der Waals surface area contributed by atoms with Gasteiger partial charge in [-0.05, 0) is 30.2 Å². The van der Waals surface area contributed by atoms with Crippen molar-refractivity contribution in [2.75, 3.05) is 26.3 Å². The molecule has 1 aromatic heterocycles. The summed E-state index contributed by atoms with van der Waals surface area (Å²) in [6.45, 7) is 1.38. The normalized spacial score (nSPS) is 16.0. The van der Waals surface area contributed by atoms with E-state index in [4.69, 9.17) is 10.2 Å². The average molecular weight is 279 g/mol. The molecule has 4 nitrogen and oxygen atoms in total. The maximum atomic E-state index is 12.4. The number of amides is 1. The summed E-state index contributed by atoms with van der Waals surface area (Å²) in [4.78, 5) is 14.8. The lowest BCUT2D eigenvalue weighted by molar-refractivity contribution is 0.0655. The number of carbonyl (C=O) groups excluding carboxylic acids is 1. The summed E-state index contributed by atoms with van der Waals surface area (Å²) in [5.74, 6) is 5.71. The van der Waals surface area contributed by atoms with E-state index in [1.54, 1.807) is 6.07 Å². The molecule has 0 aliphatic carbocycles. The van der Waals surface area contributed by atoms with Gasteiger partial charge in [0.05, 0.1) is 0 Å². The van der Waals surface area contributed by atoms with Crippen LogP contribution in [0.15, 0.2) is 11.4 Å². The molecular weight excluding hydrogens is 262 g/mol. The Hall–Kier alpha value is -1.35. The fourth-order valence-electron chi connectivity index (χ4n) is 2.17. The Labute approximate surface area is 116 Å². The Kier molecular flexibility index (Phi) is 4.97. The second-order valence-corrected chi connectivity index (χ2v) is 5.46. The highest BCUT2D eigenvalue weighted by molar-refractivity contribution is 7.12. The van der Waals surface area contributed by atoms with Crippen molar-refractivity contribution in [3.8, 4) is 11.8 Å². The maximum absolute atomic E-state index is 12.4. The minimum Gasteiger partial charge on any atom is -0.396 e. The second kappa shape index (κ2) is 6.71. The van der Waals surface area contributed by atoms with E-state index in [0.717, 1.165) is 12.8 Å². The molecular formula is C14H17NO3S. The molecule has 0 unspecified atom stereocenters. The number of hydrogen-bond acceptors (Lipinski definition) is 4. The number of hydrogen-bond donors (Lipinski definition) is 2. The van der Waals surface area contributed by atoms with Crippen molar-refractivity contribution in [1.82, 2.24) is 4.90 Å². The van der Waals surface area contributed by atoms with Crippen molar-refractivity contribution in [3.63, 3.8) is 0 Å². The van der Waals surface area contributed by atoms with Crippen LogP contribution in [0.5, 0.6) is 0 Å². The predicted octanol–water partition coefficient (Wildman–Crippen LogP) is 0.936. The summed E-state index contributed by atoms with van der Waals surface area (Å²) in [6, 6.07) is 1.81. The van der Waals surface area contributed by atoms with Gasteiger partial charge < -0.3 is 15.1 Å². The lowest BCUT2D eigenvalue weighted by Crippen LogP contribution is -2.39. The maximum Gasteiger partial charge on any atom is 0.265 e. The number of aliphatic hydroxyl groups excluding tert-OH is 2. The van der Waals surface area contributed by atoms with Gasteiger partial charge in [0.25, 0.3) is 5.91 Å². The van der Waals surface area contributed by atoms with Crippen molar-refractivity contribution in [2.24, 2.45) is 5.92 Å². The zero-order chi connectivity index (χ0) is 13.7. The van der Waals surface area contributed by atoms with Crippen molar-refractivity contribution >= 4 is 17.2 Å². The molecule has 1 aliphatic heterocycles. The number of aliphatic hydroxyl groups is 2. The van der Waals surface area contributed by atoms with Crippen LogP contribution in [-0.4, -0.2) is 47.3 Å². The minimum absolute atomic E-state index is 0.00799. The van der Waals surface area contributed by atoms with Gasteiger partial charge >= 0.3 is 0 Å². The van der Waals surface area contributed by atoms with Crippen molar-refractivity contribution < 1.29 is 15.0 Å². The highest BCUT2D eigenvalue weighted by Crippen LogP contribution is 2.22. The molecule has 1 amide bonds. The van der Waals surface area contributed by atoms with E-state index in [1.807, 2.05) is 10.3 Å². The third-order valence-corrected chi connectivity index (χ3v) is 4.22. The van der Waals surface area contributed by atoms with E-state index in [1.165, 1.54) is 11.3 Å². The SMILES string of the molecule is O=C(c1sccc1C#CCO)N1CCC(CO)CC1. The lowest BCUT2D eigenvalue weighted by atomic mass is 9.98. The van der Waals surface area contributed by atoms with Crippen LogP contribution in [0.1, 0.15) is 28.1 Å². The molecule has 0 aromatic carbocycles. The van der Waals surface area contributed by atoms with Crippen LogP contribution in [0.2, 0.25) is 0 Å². The highest BCUT2D eigenvalue weighted by atomic mass is 32.1. The van der Waals surface area contributed by atoms with Gasteiger partial charge in [-0.3, -0.25) is 4.79 Å². The monoisotopic (exact) mass is 279 g/mol. The molecule has 1 aromatic rings. The topological polar surface area (TPSA) is 60.8 Å². The number of piperidine rings is 1. The summed E-state index contributed by atoms with van der Waals surface area (Å²) in [5.41, 5.74) is 0.688.